The van der Waals surface area contributed by atoms with Gasteiger partial charge in [-0.1, -0.05) is 36.4 Å². The van der Waals surface area contributed by atoms with Gasteiger partial charge in [0.1, 0.15) is 0 Å². The average Bonchev–Trinajstić information content (AvgIpc) is 2.85. The molecule has 128 valence electrons. The van der Waals surface area contributed by atoms with Gasteiger partial charge >= 0.3 is 0 Å². The van der Waals surface area contributed by atoms with E-state index in [-0.39, 0.29) is 30.0 Å². The number of nitrogens with one attached hydrogen (secondary N) is 1. The van der Waals surface area contributed by atoms with Crippen LogP contribution in [-0.2, 0) is 21.2 Å². The van der Waals surface area contributed by atoms with Gasteiger partial charge in [-0.25, -0.2) is 8.42 Å². The zero-order chi connectivity index (χ0) is 17.2. The Morgan fingerprint density at radius 2 is 1.96 bits per heavy atom. The molecule has 0 saturated carbocycles. The quantitative estimate of drug-likeness (QED) is 0.893. The summed E-state index contributed by atoms with van der Waals surface area (Å²) < 4.78 is 22.9. The van der Waals surface area contributed by atoms with Crippen molar-refractivity contribution in [2.75, 3.05) is 25.1 Å². The zero-order valence-electron chi connectivity index (χ0n) is 13.7. The van der Waals surface area contributed by atoms with Crippen LogP contribution in [0.5, 0.6) is 0 Å². The largest absolute Gasteiger partial charge is 0.351 e. The molecule has 3 rings (SSSR count). The first-order valence-corrected chi connectivity index (χ1v) is 9.89. The topological polar surface area (TPSA) is 66.5 Å². The molecule has 0 radical (unpaired) electrons. The van der Waals surface area contributed by atoms with E-state index in [1.807, 2.05) is 24.1 Å². The van der Waals surface area contributed by atoms with E-state index in [0.29, 0.717) is 13.0 Å². The molecule has 1 heterocycles. The van der Waals surface area contributed by atoms with Gasteiger partial charge in [0.05, 0.1) is 18.1 Å². The summed E-state index contributed by atoms with van der Waals surface area (Å²) >= 11 is 0. The Hall–Kier alpha value is -1.92. The normalized spacial score (nSPS) is 19.7. The van der Waals surface area contributed by atoms with Crippen molar-refractivity contribution in [3.63, 3.8) is 0 Å². The third-order valence-electron chi connectivity index (χ3n) is 4.28. The first kappa shape index (κ1) is 16.9. The molecule has 1 saturated heterocycles. The number of nitrogens with zero attached hydrogens (tertiary/aromatic N) is 1. The molecule has 1 aliphatic heterocycles. The molecule has 1 fully saturated rings. The van der Waals surface area contributed by atoms with E-state index in [1.165, 1.54) is 10.8 Å². The highest BCUT2D eigenvalue weighted by atomic mass is 32.2. The Labute approximate surface area is 142 Å². The highest BCUT2D eigenvalue weighted by molar-refractivity contribution is 7.91. The van der Waals surface area contributed by atoms with Crippen LogP contribution in [0.1, 0.15) is 12.0 Å². The minimum atomic E-state index is -2.97. The van der Waals surface area contributed by atoms with Crippen molar-refractivity contribution in [1.29, 1.82) is 0 Å². The van der Waals surface area contributed by atoms with Gasteiger partial charge in [0, 0.05) is 12.6 Å². The number of hydrogen-bond donors (Lipinski definition) is 1. The monoisotopic (exact) mass is 346 g/mol. The molecule has 6 heteroatoms. The van der Waals surface area contributed by atoms with Gasteiger partial charge in [-0.3, -0.25) is 9.69 Å². The van der Waals surface area contributed by atoms with Crippen molar-refractivity contribution < 1.29 is 13.2 Å². The van der Waals surface area contributed by atoms with Crippen molar-refractivity contribution in [3.8, 4) is 0 Å². The number of sulfone groups is 1. The number of carbonyl (C=O) groups is 1. The van der Waals surface area contributed by atoms with Crippen LogP contribution in [0.3, 0.4) is 0 Å². The number of benzene rings is 2. The molecule has 0 aliphatic carbocycles. The van der Waals surface area contributed by atoms with Crippen LogP contribution in [0.2, 0.25) is 0 Å². The molecule has 1 N–H and O–H groups in total. The summed E-state index contributed by atoms with van der Waals surface area (Å²) in [7, 11) is -1.08. The predicted octanol–water partition coefficient (Wildman–Crippen LogP) is 1.57. The lowest BCUT2D eigenvalue weighted by Crippen LogP contribution is -2.41. The highest BCUT2D eigenvalue weighted by Gasteiger charge is 2.28. The average molecular weight is 346 g/mol. The smallest absolute Gasteiger partial charge is 0.234 e. The first-order valence-electron chi connectivity index (χ1n) is 8.07. The Kier molecular flexibility index (Phi) is 4.87. The molecule has 1 aliphatic rings. The number of likely N-dealkylation sites (N-methyl/N-ethyl adjacent to an activating group) is 1. The van der Waals surface area contributed by atoms with E-state index >= 15 is 0 Å². The maximum Gasteiger partial charge on any atom is 0.234 e. The molecule has 1 atom stereocenters. The second kappa shape index (κ2) is 6.91. The van der Waals surface area contributed by atoms with Gasteiger partial charge in [0.2, 0.25) is 5.91 Å². The first-order chi connectivity index (χ1) is 11.4. The van der Waals surface area contributed by atoms with Gasteiger partial charge in [-0.2, -0.15) is 0 Å². The molecular weight excluding hydrogens is 324 g/mol. The lowest BCUT2D eigenvalue weighted by Gasteiger charge is -2.18. The summed E-state index contributed by atoms with van der Waals surface area (Å²) in [6.45, 7) is 0.921. The third kappa shape index (κ3) is 4.33. The summed E-state index contributed by atoms with van der Waals surface area (Å²) in [5.74, 6) is 0.109. The van der Waals surface area contributed by atoms with Crippen LogP contribution in [0.4, 0.5) is 0 Å². The van der Waals surface area contributed by atoms with Gasteiger partial charge < -0.3 is 5.32 Å². The van der Waals surface area contributed by atoms with Crippen molar-refractivity contribution in [3.05, 3.63) is 48.0 Å². The van der Waals surface area contributed by atoms with E-state index in [4.69, 9.17) is 0 Å². The third-order valence-corrected chi connectivity index (χ3v) is 6.05. The minimum Gasteiger partial charge on any atom is -0.351 e. The van der Waals surface area contributed by atoms with Crippen molar-refractivity contribution in [2.24, 2.45) is 0 Å². The fraction of sp³-hybridized carbons (Fsp3) is 0.389. The number of amides is 1. The molecule has 1 amide bonds. The van der Waals surface area contributed by atoms with E-state index in [0.717, 1.165) is 5.56 Å². The summed E-state index contributed by atoms with van der Waals surface area (Å²) in [6.07, 6.45) is 0.516. The molecule has 0 spiro atoms. The molecule has 2 aromatic rings. The van der Waals surface area contributed by atoms with Crippen LogP contribution >= 0.6 is 0 Å². The van der Waals surface area contributed by atoms with Gasteiger partial charge in [-0.05, 0) is 35.9 Å². The van der Waals surface area contributed by atoms with Crippen LogP contribution in [0.25, 0.3) is 10.8 Å². The Morgan fingerprint density at radius 1 is 1.21 bits per heavy atom. The lowest BCUT2D eigenvalue weighted by molar-refractivity contribution is -0.122. The number of rotatable bonds is 5. The van der Waals surface area contributed by atoms with E-state index in [1.54, 1.807) is 0 Å². The van der Waals surface area contributed by atoms with Crippen LogP contribution < -0.4 is 5.32 Å². The molecule has 5 nitrogen and oxygen atoms in total. The Balaban J connectivity index is 1.54. The van der Waals surface area contributed by atoms with E-state index in [2.05, 4.69) is 35.6 Å². The van der Waals surface area contributed by atoms with Crippen molar-refractivity contribution in [2.45, 2.75) is 19.0 Å². The summed E-state index contributed by atoms with van der Waals surface area (Å²) in [6, 6.07) is 14.2. The van der Waals surface area contributed by atoms with Crippen LogP contribution in [-0.4, -0.2) is 50.4 Å². The lowest BCUT2D eigenvalue weighted by atomic mass is 10.1. The van der Waals surface area contributed by atoms with E-state index in [9.17, 15) is 13.2 Å². The molecule has 24 heavy (non-hydrogen) atoms. The zero-order valence-corrected chi connectivity index (χ0v) is 14.6. The molecular formula is C18H22N2O3S. The minimum absolute atomic E-state index is 0.0626. The van der Waals surface area contributed by atoms with E-state index < -0.39 is 9.84 Å². The summed E-state index contributed by atoms with van der Waals surface area (Å²) in [5, 5.41) is 5.20. The molecule has 2 aromatic carbocycles. The summed E-state index contributed by atoms with van der Waals surface area (Å²) in [4.78, 5) is 14.0. The highest BCUT2D eigenvalue weighted by Crippen LogP contribution is 2.16. The maximum absolute atomic E-state index is 12.1. The van der Waals surface area contributed by atoms with Crippen LogP contribution in [0, 0.1) is 0 Å². The second-order valence-corrected chi connectivity index (χ2v) is 8.75. The molecule has 1 unspecified atom stereocenters. The fourth-order valence-corrected chi connectivity index (χ4v) is 4.81. The number of hydrogen-bond acceptors (Lipinski definition) is 4. The standard InChI is InChI=1S/C18H22N2O3S/c1-20(12-18(21)19-17-8-9-24(22,23)13-17)11-14-6-7-15-4-2-3-5-16(15)10-14/h2-7,10,17H,8-9,11-13H2,1H3,(H,19,21). The summed E-state index contributed by atoms with van der Waals surface area (Å²) in [5.41, 5.74) is 1.15. The molecule has 0 bridgehead atoms. The van der Waals surface area contributed by atoms with Crippen LogP contribution in [0.15, 0.2) is 42.5 Å². The second-order valence-electron chi connectivity index (χ2n) is 6.52. The fourth-order valence-electron chi connectivity index (χ4n) is 3.13. The van der Waals surface area contributed by atoms with Gasteiger partial charge in [0.25, 0.3) is 0 Å². The number of carbonyl (C=O) groups excluding carboxylic acids is 1. The van der Waals surface area contributed by atoms with Crippen molar-refractivity contribution >= 4 is 26.5 Å². The predicted molar refractivity (Wildman–Crippen MR) is 95.5 cm³/mol. The van der Waals surface area contributed by atoms with Gasteiger partial charge in [-0.15, -0.1) is 0 Å². The molecule has 0 aromatic heterocycles. The van der Waals surface area contributed by atoms with Crippen molar-refractivity contribution in [1.82, 2.24) is 10.2 Å². The SMILES string of the molecule is CN(CC(=O)NC1CCS(=O)(=O)C1)Cc1ccc2ccccc2c1. The Morgan fingerprint density at radius 3 is 2.67 bits per heavy atom. The Bertz CT molecular complexity index is 848. The van der Waals surface area contributed by atoms with Gasteiger partial charge in [0.15, 0.2) is 9.84 Å². The maximum atomic E-state index is 12.1. The number of fused-ring (bicyclic) bond motifs is 1.